The average Bonchev–Trinajstić information content (AvgIpc) is 3.20. The van der Waals surface area contributed by atoms with Crippen molar-refractivity contribution in [3.63, 3.8) is 0 Å². The molecule has 0 spiro atoms. The van der Waals surface area contributed by atoms with E-state index in [9.17, 15) is 5.11 Å². The Kier molecular flexibility index (Phi) is 3.62. The van der Waals surface area contributed by atoms with Crippen LogP contribution in [0.4, 0.5) is 5.82 Å². The highest BCUT2D eigenvalue weighted by Crippen LogP contribution is 2.37. The van der Waals surface area contributed by atoms with Crippen LogP contribution in [0.15, 0.2) is 12.4 Å². The standard InChI is InChI=1S/C17H24N4O/c18-17-13-6-5-12(16(13)19-10-20-17)7-21-8-14(15(22)9-21)11-3-1-2-4-11/h5,10-11,14-15,22H,1-4,6-9H2,(H2,18,19,20)/t14?,15-/m0/s1. The average molecular weight is 300 g/mol. The quantitative estimate of drug-likeness (QED) is 0.884. The molecule has 1 aliphatic heterocycles. The number of aliphatic hydroxyl groups excluding tert-OH is 1. The Balaban J connectivity index is 1.44. The minimum Gasteiger partial charge on any atom is -0.391 e. The largest absolute Gasteiger partial charge is 0.391 e. The van der Waals surface area contributed by atoms with Crippen molar-refractivity contribution < 1.29 is 5.11 Å². The van der Waals surface area contributed by atoms with Crippen LogP contribution in [0.1, 0.15) is 36.9 Å². The molecule has 118 valence electrons. The van der Waals surface area contributed by atoms with Crippen molar-refractivity contribution in [3.05, 3.63) is 23.7 Å². The highest BCUT2D eigenvalue weighted by atomic mass is 16.3. The molecule has 4 rings (SSSR count). The summed E-state index contributed by atoms with van der Waals surface area (Å²) in [6, 6.07) is 0. The Morgan fingerprint density at radius 2 is 2.05 bits per heavy atom. The molecule has 0 bridgehead atoms. The number of fused-ring (bicyclic) bond motifs is 1. The van der Waals surface area contributed by atoms with Crippen LogP contribution in [0.3, 0.4) is 0 Å². The fraction of sp³-hybridized carbons (Fsp3) is 0.647. The molecule has 1 aromatic heterocycles. The van der Waals surface area contributed by atoms with Gasteiger partial charge in [0.2, 0.25) is 0 Å². The molecule has 3 aliphatic rings. The fourth-order valence-electron chi connectivity index (χ4n) is 4.48. The van der Waals surface area contributed by atoms with Gasteiger partial charge in [-0.1, -0.05) is 31.8 Å². The van der Waals surface area contributed by atoms with Crippen LogP contribution in [-0.4, -0.2) is 45.7 Å². The number of aliphatic hydroxyl groups is 1. The molecule has 1 aromatic rings. The second kappa shape index (κ2) is 5.63. The molecule has 2 fully saturated rings. The van der Waals surface area contributed by atoms with E-state index in [-0.39, 0.29) is 6.10 Å². The minimum atomic E-state index is -0.167. The summed E-state index contributed by atoms with van der Waals surface area (Å²) in [5.41, 5.74) is 9.24. The number of allylic oxidation sites excluding steroid dienone is 1. The van der Waals surface area contributed by atoms with E-state index in [0.29, 0.717) is 11.7 Å². The number of anilines is 1. The van der Waals surface area contributed by atoms with Gasteiger partial charge in [-0.25, -0.2) is 9.97 Å². The first-order chi connectivity index (χ1) is 10.7. The van der Waals surface area contributed by atoms with Gasteiger partial charge in [-0.2, -0.15) is 0 Å². The lowest BCUT2D eigenvalue weighted by Gasteiger charge is -2.21. The molecule has 0 amide bonds. The van der Waals surface area contributed by atoms with Crippen molar-refractivity contribution in [2.45, 2.75) is 38.2 Å². The molecule has 2 atom stereocenters. The summed E-state index contributed by atoms with van der Waals surface area (Å²) in [5.74, 6) is 1.78. The van der Waals surface area contributed by atoms with Crippen LogP contribution in [0.2, 0.25) is 0 Å². The molecule has 1 saturated heterocycles. The first-order valence-electron chi connectivity index (χ1n) is 8.41. The molecule has 2 heterocycles. The number of hydrogen-bond donors (Lipinski definition) is 2. The van der Waals surface area contributed by atoms with Gasteiger partial charge in [0.05, 0.1) is 11.8 Å². The van der Waals surface area contributed by atoms with E-state index in [2.05, 4.69) is 20.9 Å². The summed E-state index contributed by atoms with van der Waals surface area (Å²) in [6.45, 7) is 2.66. The monoisotopic (exact) mass is 300 g/mol. The zero-order valence-corrected chi connectivity index (χ0v) is 12.9. The highest BCUT2D eigenvalue weighted by molar-refractivity contribution is 5.74. The topological polar surface area (TPSA) is 75.3 Å². The second-order valence-corrected chi connectivity index (χ2v) is 6.99. The van der Waals surface area contributed by atoms with Crippen molar-refractivity contribution >= 4 is 11.4 Å². The highest BCUT2D eigenvalue weighted by Gasteiger charge is 2.38. The number of hydrogen-bond acceptors (Lipinski definition) is 5. The Hall–Kier alpha value is -1.46. The predicted octanol–water partition coefficient (Wildman–Crippen LogP) is 1.48. The number of rotatable bonds is 3. The van der Waals surface area contributed by atoms with Crippen LogP contribution >= 0.6 is 0 Å². The van der Waals surface area contributed by atoms with Gasteiger partial charge in [0, 0.05) is 31.1 Å². The normalized spacial score (nSPS) is 29.0. The van der Waals surface area contributed by atoms with E-state index in [4.69, 9.17) is 5.73 Å². The summed E-state index contributed by atoms with van der Waals surface area (Å²) in [4.78, 5) is 10.9. The molecule has 5 nitrogen and oxygen atoms in total. The number of aromatic nitrogens is 2. The van der Waals surface area contributed by atoms with Crippen LogP contribution in [0.25, 0.3) is 5.57 Å². The van der Waals surface area contributed by atoms with Crippen LogP contribution < -0.4 is 5.73 Å². The number of nitrogens with zero attached hydrogens (tertiary/aromatic N) is 3. The summed E-state index contributed by atoms with van der Waals surface area (Å²) in [7, 11) is 0. The fourth-order valence-corrected chi connectivity index (χ4v) is 4.48. The molecule has 3 N–H and O–H groups in total. The summed E-state index contributed by atoms with van der Waals surface area (Å²) in [5, 5.41) is 10.4. The summed E-state index contributed by atoms with van der Waals surface area (Å²) in [6.07, 6.45) is 9.69. The maximum atomic E-state index is 10.4. The van der Waals surface area contributed by atoms with Crippen LogP contribution in [0.5, 0.6) is 0 Å². The van der Waals surface area contributed by atoms with Gasteiger partial charge in [0.25, 0.3) is 0 Å². The van der Waals surface area contributed by atoms with Crippen LogP contribution in [0, 0.1) is 11.8 Å². The third-order valence-electron chi connectivity index (χ3n) is 5.64. The number of nitrogen functional groups attached to an aromatic ring is 1. The number of nitrogens with two attached hydrogens (primary N) is 1. The second-order valence-electron chi connectivity index (χ2n) is 6.99. The van der Waals surface area contributed by atoms with Crippen molar-refractivity contribution in [1.82, 2.24) is 14.9 Å². The first-order valence-corrected chi connectivity index (χ1v) is 8.41. The van der Waals surface area contributed by atoms with Gasteiger partial charge >= 0.3 is 0 Å². The molecular formula is C17H24N4O. The molecule has 22 heavy (non-hydrogen) atoms. The Morgan fingerprint density at radius 3 is 2.86 bits per heavy atom. The first kappa shape index (κ1) is 14.2. The molecule has 0 aromatic carbocycles. The van der Waals surface area contributed by atoms with E-state index in [1.807, 2.05) is 0 Å². The van der Waals surface area contributed by atoms with Crippen molar-refractivity contribution in [2.24, 2.45) is 11.8 Å². The van der Waals surface area contributed by atoms with Gasteiger partial charge in [-0.05, 0) is 17.9 Å². The molecule has 5 heteroatoms. The van der Waals surface area contributed by atoms with Crippen molar-refractivity contribution in [2.75, 3.05) is 25.4 Å². The number of β-amino-alcohol motifs (C(OH)–C–C–N with tert-alkyl or cyclic N) is 1. The van der Waals surface area contributed by atoms with Crippen molar-refractivity contribution in [3.8, 4) is 0 Å². The molecule has 0 radical (unpaired) electrons. The third-order valence-corrected chi connectivity index (χ3v) is 5.64. The lowest BCUT2D eigenvalue weighted by molar-refractivity contribution is 0.113. The summed E-state index contributed by atoms with van der Waals surface area (Å²) < 4.78 is 0. The van der Waals surface area contributed by atoms with E-state index in [1.165, 1.54) is 31.3 Å². The summed E-state index contributed by atoms with van der Waals surface area (Å²) >= 11 is 0. The molecule has 2 aliphatic carbocycles. The van der Waals surface area contributed by atoms with E-state index >= 15 is 0 Å². The Labute approximate surface area is 131 Å². The molecule has 1 unspecified atom stereocenters. The third kappa shape index (κ3) is 2.42. The van der Waals surface area contributed by atoms with Gasteiger partial charge in [0.15, 0.2) is 0 Å². The van der Waals surface area contributed by atoms with Gasteiger partial charge in [0.1, 0.15) is 12.1 Å². The van der Waals surface area contributed by atoms with E-state index in [1.54, 1.807) is 6.33 Å². The zero-order chi connectivity index (χ0) is 15.1. The maximum absolute atomic E-state index is 10.4. The van der Waals surface area contributed by atoms with Gasteiger partial charge in [-0.15, -0.1) is 0 Å². The van der Waals surface area contributed by atoms with E-state index < -0.39 is 0 Å². The minimum absolute atomic E-state index is 0.167. The molecular weight excluding hydrogens is 276 g/mol. The lowest BCUT2D eigenvalue weighted by atomic mass is 9.88. The lowest BCUT2D eigenvalue weighted by Crippen LogP contribution is -2.24. The molecule has 1 saturated carbocycles. The Bertz CT molecular complexity index is 594. The van der Waals surface area contributed by atoms with Crippen molar-refractivity contribution in [1.29, 1.82) is 0 Å². The van der Waals surface area contributed by atoms with Crippen LogP contribution in [-0.2, 0) is 6.42 Å². The van der Waals surface area contributed by atoms with E-state index in [0.717, 1.165) is 43.2 Å². The number of likely N-dealkylation sites (tertiary alicyclic amines) is 1. The maximum Gasteiger partial charge on any atom is 0.130 e. The smallest absolute Gasteiger partial charge is 0.130 e. The zero-order valence-electron chi connectivity index (χ0n) is 12.9. The predicted molar refractivity (Wildman–Crippen MR) is 86.0 cm³/mol. The Morgan fingerprint density at radius 1 is 1.23 bits per heavy atom. The van der Waals surface area contributed by atoms with Gasteiger partial charge < -0.3 is 10.8 Å². The van der Waals surface area contributed by atoms with Gasteiger partial charge in [-0.3, -0.25) is 4.90 Å². The SMILES string of the molecule is Nc1ncnc2c1CC=C2CN1CC(C2CCCC2)[C@@H](O)C1.